The molecule has 1 aromatic heterocycles. The van der Waals surface area contributed by atoms with Gasteiger partial charge in [0.15, 0.2) is 0 Å². The number of nitrogens with zero attached hydrogens (tertiary/aromatic N) is 4. The highest BCUT2D eigenvalue weighted by molar-refractivity contribution is 5.23. The van der Waals surface area contributed by atoms with Crippen LogP contribution >= 0.6 is 0 Å². The van der Waals surface area contributed by atoms with Crippen LogP contribution in [0.25, 0.3) is 0 Å². The van der Waals surface area contributed by atoms with Crippen LogP contribution in [0.1, 0.15) is 39.0 Å². The van der Waals surface area contributed by atoms with Gasteiger partial charge in [0, 0.05) is 13.1 Å². The standard InChI is InChI=1S/C10H19N5/c1-3-8-4-6-9(7-5-8)11-10-12-13-14-15(10)2/h8-9H,3-7H2,1-2H3,(H,11,12,14). The molecule has 5 heteroatoms. The number of anilines is 1. The van der Waals surface area contributed by atoms with Crippen molar-refractivity contribution < 1.29 is 0 Å². The number of aryl methyl sites for hydroxylation is 1. The van der Waals surface area contributed by atoms with Gasteiger partial charge in [0.05, 0.1) is 0 Å². The van der Waals surface area contributed by atoms with Gasteiger partial charge in [0.1, 0.15) is 0 Å². The highest BCUT2D eigenvalue weighted by Gasteiger charge is 2.20. The minimum atomic E-state index is 0.553. The number of nitrogens with one attached hydrogen (secondary N) is 1. The van der Waals surface area contributed by atoms with E-state index in [9.17, 15) is 0 Å². The van der Waals surface area contributed by atoms with Gasteiger partial charge < -0.3 is 5.32 Å². The molecule has 1 heterocycles. The van der Waals surface area contributed by atoms with Gasteiger partial charge in [0.25, 0.3) is 0 Å². The fourth-order valence-corrected chi connectivity index (χ4v) is 2.25. The van der Waals surface area contributed by atoms with Crippen LogP contribution in [0.3, 0.4) is 0 Å². The Bertz CT molecular complexity index is 301. The number of hydrogen-bond donors (Lipinski definition) is 1. The SMILES string of the molecule is CCC1CCC(Nc2nnnn2C)CC1. The van der Waals surface area contributed by atoms with Gasteiger partial charge in [-0.15, -0.1) is 0 Å². The summed E-state index contributed by atoms with van der Waals surface area (Å²) < 4.78 is 1.69. The van der Waals surface area contributed by atoms with Crippen molar-refractivity contribution >= 4 is 5.95 Å². The Balaban J connectivity index is 1.85. The number of tetrazole rings is 1. The van der Waals surface area contributed by atoms with Crippen molar-refractivity contribution in [3.8, 4) is 0 Å². The molecule has 1 aromatic rings. The van der Waals surface area contributed by atoms with Crippen LogP contribution in [0.2, 0.25) is 0 Å². The molecule has 0 radical (unpaired) electrons. The van der Waals surface area contributed by atoms with Crippen LogP contribution in [-0.2, 0) is 7.05 Å². The van der Waals surface area contributed by atoms with Crippen molar-refractivity contribution in [2.75, 3.05) is 5.32 Å². The predicted octanol–water partition coefficient (Wildman–Crippen LogP) is 1.59. The Kier molecular flexibility index (Phi) is 3.18. The lowest BCUT2D eigenvalue weighted by Gasteiger charge is -2.28. The Morgan fingerprint density at radius 2 is 2.07 bits per heavy atom. The second-order valence-electron chi connectivity index (χ2n) is 4.40. The zero-order valence-electron chi connectivity index (χ0n) is 9.48. The summed E-state index contributed by atoms with van der Waals surface area (Å²) >= 11 is 0. The molecule has 1 fully saturated rings. The Morgan fingerprint density at radius 1 is 1.33 bits per heavy atom. The first-order chi connectivity index (χ1) is 7.29. The highest BCUT2D eigenvalue weighted by Crippen LogP contribution is 2.27. The molecular weight excluding hydrogens is 190 g/mol. The molecule has 1 aliphatic carbocycles. The molecule has 1 N–H and O–H groups in total. The average Bonchev–Trinajstić information content (AvgIpc) is 2.66. The van der Waals surface area contributed by atoms with Crippen LogP contribution in [0.5, 0.6) is 0 Å². The van der Waals surface area contributed by atoms with E-state index in [0.29, 0.717) is 6.04 Å². The third-order valence-corrected chi connectivity index (χ3v) is 3.38. The summed E-state index contributed by atoms with van der Waals surface area (Å²) in [4.78, 5) is 0. The maximum Gasteiger partial charge on any atom is 0.242 e. The van der Waals surface area contributed by atoms with Crippen molar-refractivity contribution in [2.45, 2.75) is 45.1 Å². The molecular formula is C10H19N5. The Hall–Kier alpha value is -1.13. The summed E-state index contributed by atoms with van der Waals surface area (Å²) in [5.74, 6) is 1.72. The normalized spacial score (nSPS) is 26.5. The molecule has 0 spiro atoms. The summed E-state index contributed by atoms with van der Waals surface area (Å²) in [6.07, 6.45) is 6.47. The zero-order chi connectivity index (χ0) is 10.7. The zero-order valence-corrected chi connectivity index (χ0v) is 9.48. The molecule has 5 nitrogen and oxygen atoms in total. The first kappa shape index (κ1) is 10.4. The van der Waals surface area contributed by atoms with Gasteiger partial charge in [-0.25, -0.2) is 4.68 Å². The van der Waals surface area contributed by atoms with Gasteiger partial charge in [-0.2, -0.15) is 0 Å². The van der Waals surface area contributed by atoms with Crippen molar-refractivity contribution in [2.24, 2.45) is 13.0 Å². The first-order valence-electron chi connectivity index (χ1n) is 5.78. The van der Waals surface area contributed by atoms with Crippen LogP contribution < -0.4 is 5.32 Å². The minimum Gasteiger partial charge on any atom is -0.350 e. The van der Waals surface area contributed by atoms with Crippen LogP contribution in [0.15, 0.2) is 0 Å². The largest absolute Gasteiger partial charge is 0.350 e. The van der Waals surface area contributed by atoms with Gasteiger partial charge in [-0.3, -0.25) is 0 Å². The van der Waals surface area contributed by atoms with Gasteiger partial charge >= 0.3 is 0 Å². The van der Waals surface area contributed by atoms with E-state index in [1.54, 1.807) is 4.68 Å². The third-order valence-electron chi connectivity index (χ3n) is 3.38. The maximum atomic E-state index is 3.94. The summed E-state index contributed by atoms with van der Waals surface area (Å²) in [7, 11) is 1.86. The molecule has 1 aliphatic rings. The average molecular weight is 209 g/mol. The fraction of sp³-hybridized carbons (Fsp3) is 0.900. The van der Waals surface area contributed by atoms with Crippen LogP contribution in [0.4, 0.5) is 5.95 Å². The lowest BCUT2D eigenvalue weighted by Crippen LogP contribution is -2.27. The maximum absolute atomic E-state index is 3.94. The topological polar surface area (TPSA) is 55.6 Å². The van der Waals surface area contributed by atoms with E-state index in [-0.39, 0.29) is 0 Å². The number of aromatic nitrogens is 4. The Labute approximate surface area is 90.2 Å². The lowest BCUT2D eigenvalue weighted by atomic mass is 9.85. The molecule has 15 heavy (non-hydrogen) atoms. The minimum absolute atomic E-state index is 0.553. The monoisotopic (exact) mass is 209 g/mol. The molecule has 0 atom stereocenters. The second kappa shape index (κ2) is 4.59. The molecule has 0 saturated heterocycles. The van der Waals surface area contributed by atoms with Gasteiger partial charge in [-0.05, 0) is 42.0 Å². The van der Waals surface area contributed by atoms with Gasteiger partial charge in [-0.1, -0.05) is 18.4 Å². The first-order valence-corrected chi connectivity index (χ1v) is 5.78. The predicted molar refractivity (Wildman–Crippen MR) is 58.5 cm³/mol. The Morgan fingerprint density at radius 3 is 2.60 bits per heavy atom. The molecule has 0 aromatic carbocycles. The van der Waals surface area contributed by atoms with E-state index >= 15 is 0 Å². The molecule has 0 unspecified atom stereocenters. The number of rotatable bonds is 3. The molecule has 0 amide bonds. The number of hydrogen-bond acceptors (Lipinski definition) is 4. The quantitative estimate of drug-likeness (QED) is 0.821. The van der Waals surface area contributed by atoms with E-state index in [4.69, 9.17) is 0 Å². The molecule has 84 valence electrons. The van der Waals surface area contributed by atoms with E-state index in [2.05, 4.69) is 27.8 Å². The summed E-state index contributed by atoms with van der Waals surface area (Å²) in [5.41, 5.74) is 0. The summed E-state index contributed by atoms with van der Waals surface area (Å²) in [6.45, 7) is 2.28. The highest BCUT2D eigenvalue weighted by atomic mass is 15.6. The second-order valence-corrected chi connectivity index (χ2v) is 4.40. The summed E-state index contributed by atoms with van der Waals surface area (Å²) in [6, 6.07) is 0.553. The van der Waals surface area contributed by atoms with Crippen molar-refractivity contribution in [1.82, 2.24) is 20.2 Å². The lowest BCUT2D eigenvalue weighted by molar-refractivity contribution is 0.329. The third kappa shape index (κ3) is 2.46. The molecule has 0 bridgehead atoms. The van der Waals surface area contributed by atoms with E-state index in [1.807, 2.05) is 7.05 Å². The van der Waals surface area contributed by atoms with Gasteiger partial charge in [0.2, 0.25) is 5.95 Å². The van der Waals surface area contributed by atoms with E-state index < -0.39 is 0 Å². The van der Waals surface area contributed by atoms with Crippen molar-refractivity contribution in [3.05, 3.63) is 0 Å². The summed E-state index contributed by atoms with van der Waals surface area (Å²) in [5, 5.41) is 14.8. The van der Waals surface area contributed by atoms with Crippen LogP contribution in [0, 0.1) is 5.92 Å². The van der Waals surface area contributed by atoms with Crippen LogP contribution in [-0.4, -0.2) is 26.2 Å². The van der Waals surface area contributed by atoms with Crippen molar-refractivity contribution in [1.29, 1.82) is 0 Å². The smallest absolute Gasteiger partial charge is 0.242 e. The van der Waals surface area contributed by atoms with E-state index in [1.165, 1.54) is 32.1 Å². The van der Waals surface area contributed by atoms with E-state index in [0.717, 1.165) is 11.9 Å². The van der Waals surface area contributed by atoms with Crippen molar-refractivity contribution in [3.63, 3.8) is 0 Å². The molecule has 1 saturated carbocycles. The molecule has 2 rings (SSSR count). The molecule has 0 aliphatic heterocycles. The fourth-order valence-electron chi connectivity index (χ4n) is 2.25.